The lowest BCUT2D eigenvalue weighted by molar-refractivity contribution is -0.283. The molecule has 0 spiro atoms. The third-order valence-electron chi connectivity index (χ3n) is 11.5. The molecule has 1 saturated heterocycles. The predicted molar refractivity (Wildman–Crippen MR) is 127 cm³/mol. The van der Waals surface area contributed by atoms with E-state index in [1.165, 1.54) is 7.11 Å². The first-order valence-corrected chi connectivity index (χ1v) is 13.6. The number of ether oxygens (including phenoxy) is 3. The highest BCUT2D eigenvalue weighted by molar-refractivity contribution is 5.74. The van der Waals surface area contributed by atoms with E-state index in [9.17, 15) is 15.0 Å². The van der Waals surface area contributed by atoms with Crippen LogP contribution in [0.4, 0.5) is 0 Å². The molecular weight excluding hydrogens is 434 g/mol. The van der Waals surface area contributed by atoms with Crippen LogP contribution < -0.4 is 5.73 Å². The number of nitrogens with two attached hydrogens (primary N) is 1. The van der Waals surface area contributed by atoms with Crippen LogP contribution in [-0.4, -0.2) is 59.5 Å². The normalized spacial score (nSPS) is 55.1. The summed E-state index contributed by atoms with van der Waals surface area (Å²) in [5.74, 6) is 1.43. The molecule has 4 saturated carbocycles. The Morgan fingerprint density at radius 1 is 0.971 bits per heavy atom. The van der Waals surface area contributed by atoms with E-state index >= 15 is 0 Å². The minimum Gasteiger partial charge on any atom is -0.469 e. The minimum absolute atomic E-state index is 0.0765. The van der Waals surface area contributed by atoms with Gasteiger partial charge in [-0.3, -0.25) is 4.79 Å². The molecule has 0 bridgehead atoms. The fourth-order valence-electron chi connectivity index (χ4n) is 9.19. The minimum atomic E-state index is -0.784. The number of fused-ring (bicyclic) bond motifs is 5. The van der Waals surface area contributed by atoms with Crippen molar-refractivity contribution in [1.29, 1.82) is 0 Å². The summed E-state index contributed by atoms with van der Waals surface area (Å²) in [6.07, 6.45) is 7.15. The summed E-state index contributed by atoms with van der Waals surface area (Å²) in [7, 11) is 1.50. The van der Waals surface area contributed by atoms with Gasteiger partial charge in [-0.25, -0.2) is 0 Å². The average molecular weight is 480 g/mol. The Labute approximate surface area is 204 Å². The van der Waals surface area contributed by atoms with Gasteiger partial charge in [0.1, 0.15) is 6.10 Å². The van der Waals surface area contributed by atoms with Gasteiger partial charge in [0, 0.05) is 12.0 Å². The van der Waals surface area contributed by atoms with Crippen molar-refractivity contribution in [3.05, 3.63) is 0 Å². The topological polar surface area (TPSA) is 111 Å². The fraction of sp³-hybridized carbons (Fsp3) is 0.963. The van der Waals surface area contributed by atoms with E-state index < -0.39 is 18.5 Å². The van der Waals surface area contributed by atoms with Crippen LogP contribution in [0.2, 0.25) is 0 Å². The van der Waals surface area contributed by atoms with Gasteiger partial charge in [-0.1, -0.05) is 13.8 Å². The smallest absolute Gasteiger partial charge is 0.309 e. The molecule has 0 radical (unpaired) electrons. The average Bonchev–Trinajstić information content (AvgIpc) is 3.08. The van der Waals surface area contributed by atoms with Gasteiger partial charge >= 0.3 is 5.97 Å². The fourth-order valence-corrected chi connectivity index (χ4v) is 9.19. The maximum atomic E-state index is 12.6. The Bertz CT molecular complexity index is 793. The van der Waals surface area contributed by atoms with Gasteiger partial charge < -0.3 is 30.2 Å². The number of aliphatic hydroxyl groups is 2. The van der Waals surface area contributed by atoms with Gasteiger partial charge in [-0.05, 0) is 93.3 Å². The molecule has 0 amide bonds. The number of hydrogen-bond acceptors (Lipinski definition) is 7. The number of rotatable bonds is 3. The SMILES string of the molecule is COC(=O)[C@H]1CC[C@]2(N)[C@@H]3CC[C@@H]4C[C@@H](O[C@@H]5O[C@@H](C)[C@H](O)C[C@H]5O)CC[C@]4(C)[C@H]3CC[C@]12C. The molecule has 5 fully saturated rings. The van der Waals surface area contributed by atoms with Crippen molar-refractivity contribution in [3.8, 4) is 0 Å². The molecular formula is C27H45NO6. The van der Waals surface area contributed by atoms with E-state index in [-0.39, 0.29) is 40.5 Å². The van der Waals surface area contributed by atoms with Crippen LogP contribution in [-0.2, 0) is 19.0 Å². The second-order valence-electron chi connectivity index (χ2n) is 12.7. The van der Waals surface area contributed by atoms with Crippen molar-refractivity contribution in [2.75, 3.05) is 7.11 Å². The van der Waals surface area contributed by atoms with E-state index in [0.29, 0.717) is 24.2 Å². The van der Waals surface area contributed by atoms with Crippen molar-refractivity contribution >= 4 is 5.97 Å². The molecule has 4 aliphatic carbocycles. The number of methoxy groups -OCH3 is 1. The zero-order chi connectivity index (χ0) is 24.5. The van der Waals surface area contributed by atoms with Crippen LogP contribution >= 0.6 is 0 Å². The highest BCUT2D eigenvalue weighted by atomic mass is 16.7. The van der Waals surface area contributed by atoms with E-state index in [1.807, 2.05) is 6.92 Å². The van der Waals surface area contributed by atoms with Gasteiger partial charge in [0.25, 0.3) is 0 Å². The van der Waals surface area contributed by atoms with Crippen molar-refractivity contribution < 1.29 is 29.2 Å². The van der Waals surface area contributed by atoms with Crippen molar-refractivity contribution in [1.82, 2.24) is 0 Å². The summed E-state index contributed by atoms with van der Waals surface area (Å²) in [6.45, 7) is 6.57. The van der Waals surface area contributed by atoms with Crippen LogP contribution in [0.5, 0.6) is 0 Å². The molecule has 4 N–H and O–H groups in total. The Morgan fingerprint density at radius 2 is 1.74 bits per heavy atom. The lowest BCUT2D eigenvalue weighted by Gasteiger charge is -2.64. The third-order valence-corrected chi connectivity index (χ3v) is 11.5. The number of esters is 1. The second-order valence-corrected chi connectivity index (χ2v) is 12.7. The molecule has 0 aromatic heterocycles. The van der Waals surface area contributed by atoms with Crippen molar-refractivity contribution in [3.63, 3.8) is 0 Å². The Morgan fingerprint density at radius 3 is 2.47 bits per heavy atom. The quantitative estimate of drug-likeness (QED) is 0.421. The summed E-state index contributed by atoms with van der Waals surface area (Å²) in [5.41, 5.74) is 7.06. The summed E-state index contributed by atoms with van der Waals surface area (Å²) >= 11 is 0. The van der Waals surface area contributed by atoms with E-state index in [2.05, 4.69) is 13.8 Å². The first-order valence-electron chi connectivity index (χ1n) is 13.6. The largest absolute Gasteiger partial charge is 0.469 e. The van der Waals surface area contributed by atoms with E-state index in [1.54, 1.807) is 0 Å². The lowest BCUT2D eigenvalue weighted by atomic mass is 9.42. The maximum Gasteiger partial charge on any atom is 0.309 e. The molecule has 5 rings (SSSR count). The molecule has 7 heteroatoms. The molecule has 1 heterocycles. The maximum absolute atomic E-state index is 12.6. The lowest BCUT2D eigenvalue weighted by Crippen LogP contribution is -2.66. The molecule has 1 aliphatic heterocycles. The van der Waals surface area contributed by atoms with Crippen LogP contribution in [0.1, 0.15) is 85.0 Å². The molecule has 5 aliphatic rings. The molecule has 12 atom stereocenters. The van der Waals surface area contributed by atoms with Crippen LogP contribution in [0.15, 0.2) is 0 Å². The van der Waals surface area contributed by atoms with Gasteiger partial charge in [0.05, 0.1) is 31.3 Å². The molecule has 0 unspecified atom stereocenters. The highest BCUT2D eigenvalue weighted by Crippen LogP contribution is 2.68. The van der Waals surface area contributed by atoms with E-state index in [4.69, 9.17) is 19.9 Å². The molecule has 0 aromatic rings. The highest BCUT2D eigenvalue weighted by Gasteiger charge is 2.67. The predicted octanol–water partition coefficient (Wildman–Crippen LogP) is 3.14. The Kier molecular flexibility index (Phi) is 6.37. The van der Waals surface area contributed by atoms with Crippen LogP contribution in [0.25, 0.3) is 0 Å². The van der Waals surface area contributed by atoms with E-state index in [0.717, 1.165) is 57.8 Å². The van der Waals surface area contributed by atoms with Crippen LogP contribution in [0.3, 0.4) is 0 Å². The summed E-state index contributed by atoms with van der Waals surface area (Å²) in [4.78, 5) is 12.6. The van der Waals surface area contributed by atoms with Crippen molar-refractivity contribution in [2.45, 2.75) is 121 Å². The summed E-state index contributed by atoms with van der Waals surface area (Å²) in [6, 6.07) is 0. The molecule has 0 aromatic carbocycles. The molecule has 7 nitrogen and oxygen atoms in total. The molecule has 194 valence electrons. The zero-order valence-electron chi connectivity index (χ0n) is 21.4. The number of aliphatic hydroxyl groups excluding tert-OH is 2. The number of hydrogen-bond donors (Lipinski definition) is 3. The van der Waals surface area contributed by atoms with Gasteiger partial charge in [-0.15, -0.1) is 0 Å². The summed E-state index contributed by atoms with van der Waals surface area (Å²) < 4.78 is 17.3. The third kappa shape index (κ3) is 3.60. The molecule has 34 heavy (non-hydrogen) atoms. The number of carbonyl (C=O) groups excluding carboxylic acids is 1. The zero-order valence-corrected chi connectivity index (χ0v) is 21.4. The van der Waals surface area contributed by atoms with Gasteiger partial charge in [0.15, 0.2) is 6.29 Å². The van der Waals surface area contributed by atoms with Crippen LogP contribution in [0, 0.1) is 34.5 Å². The standard InChI is InChI=1S/C27H45NO6/c1-15-21(29)14-22(30)24(33-15)34-17-7-10-25(2)16(13-17)5-6-19-18(25)8-11-26(3)20(23(31)32-4)9-12-27(19,26)28/h15-22,24,29-30H,5-14,28H2,1-4H3/t15-,16+,17-,18-,19+,20+,21+,22+,24-,25-,26+,27-/m0/s1. The van der Waals surface area contributed by atoms with Crippen molar-refractivity contribution in [2.24, 2.45) is 40.2 Å². The second kappa shape index (κ2) is 8.69. The monoisotopic (exact) mass is 479 g/mol. The summed E-state index contributed by atoms with van der Waals surface area (Å²) in [5, 5.41) is 20.3. The number of carbonyl (C=O) groups is 1. The first kappa shape index (κ1) is 24.9. The van der Waals surface area contributed by atoms with Gasteiger partial charge in [0.2, 0.25) is 0 Å². The Hall–Kier alpha value is -0.730. The van der Waals surface area contributed by atoms with Gasteiger partial charge in [-0.2, -0.15) is 0 Å². The Balaban J connectivity index is 1.29. The first-order chi connectivity index (χ1) is 16.0.